The van der Waals surface area contributed by atoms with Crippen molar-refractivity contribution in [2.75, 3.05) is 7.11 Å². The molecular weight excluding hydrogens is 311 g/mol. The zero-order chi connectivity index (χ0) is 13.4. The number of hydrogen-bond donors (Lipinski definition) is 0. The van der Waals surface area contributed by atoms with Gasteiger partial charge in [-0.3, -0.25) is 4.40 Å². The summed E-state index contributed by atoms with van der Waals surface area (Å²) in [5, 5.41) is 0. The van der Waals surface area contributed by atoms with Gasteiger partial charge in [-0.05, 0) is 52.3 Å². The summed E-state index contributed by atoms with van der Waals surface area (Å²) >= 11 is 3.46. The van der Waals surface area contributed by atoms with Gasteiger partial charge < -0.3 is 4.74 Å². The molecule has 0 saturated heterocycles. The highest BCUT2D eigenvalue weighted by molar-refractivity contribution is 9.10. The third-order valence-corrected chi connectivity index (χ3v) is 3.49. The minimum absolute atomic E-state index is 0.271. The Morgan fingerprint density at radius 1 is 1.21 bits per heavy atom. The van der Waals surface area contributed by atoms with E-state index in [0.717, 1.165) is 15.7 Å². The molecule has 0 fully saturated rings. The highest BCUT2D eigenvalue weighted by Gasteiger charge is 2.15. The minimum Gasteiger partial charge on any atom is -0.480 e. The highest BCUT2D eigenvalue weighted by Crippen LogP contribution is 2.32. The molecule has 19 heavy (non-hydrogen) atoms. The van der Waals surface area contributed by atoms with Crippen molar-refractivity contribution in [2.24, 2.45) is 0 Å². The lowest BCUT2D eigenvalue weighted by molar-refractivity contribution is 0.396. The number of hydrogen-bond acceptors (Lipinski definition) is 2. The van der Waals surface area contributed by atoms with Crippen molar-refractivity contribution in [2.45, 2.75) is 0 Å². The van der Waals surface area contributed by atoms with Gasteiger partial charge in [-0.2, -0.15) is 0 Å². The molecule has 96 valence electrons. The zero-order valence-electron chi connectivity index (χ0n) is 10.1. The van der Waals surface area contributed by atoms with Gasteiger partial charge in [0, 0.05) is 11.8 Å². The van der Waals surface area contributed by atoms with Crippen LogP contribution in [0.25, 0.3) is 16.9 Å². The van der Waals surface area contributed by atoms with Crippen LogP contribution in [0, 0.1) is 5.82 Å². The van der Waals surface area contributed by atoms with Crippen LogP contribution < -0.4 is 4.74 Å². The van der Waals surface area contributed by atoms with E-state index >= 15 is 0 Å². The second kappa shape index (κ2) is 4.66. The number of benzene rings is 1. The normalized spacial score (nSPS) is 10.9. The lowest BCUT2D eigenvalue weighted by atomic mass is 10.1. The fraction of sp³-hybridized carbons (Fsp3) is 0.0714. The Labute approximate surface area is 117 Å². The Morgan fingerprint density at radius 2 is 1.95 bits per heavy atom. The van der Waals surface area contributed by atoms with Crippen molar-refractivity contribution >= 4 is 21.6 Å². The molecule has 0 aliphatic carbocycles. The molecule has 1 aromatic carbocycles. The van der Waals surface area contributed by atoms with Crippen molar-refractivity contribution in [3.8, 4) is 17.1 Å². The fourth-order valence-electron chi connectivity index (χ4n) is 2.00. The van der Waals surface area contributed by atoms with E-state index in [0.29, 0.717) is 11.6 Å². The first kappa shape index (κ1) is 12.2. The van der Waals surface area contributed by atoms with Crippen molar-refractivity contribution in [1.82, 2.24) is 9.38 Å². The van der Waals surface area contributed by atoms with E-state index in [-0.39, 0.29) is 5.82 Å². The maximum Gasteiger partial charge on any atom is 0.226 e. The van der Waals surface area contributed by atoms with Crippen LogP contribution in [0.15, 0.2) is 47.1 Å². The second-order valence-electron chi connectivity index (χ2n) is 4.03. The molecule has 0 radical (unpaired) electrons. The number of fused-ring (bicyclic) bond motifs is 1. The fourth-order valence-corrected chi connectivity index (χ4v) is 2.44. The van der Waals surface area contributed by atoms with E-state index in [1.807, 2.05) is 22.7 Å². The van der Waals surface area contributed by atoms with Gasteiger partial charge in [0.25, 0.3) is 0 Å². The molecule has 0 unspecified atom stereocenters. The Balaban J connectivity index is 2.29. The minimum atomic E-state index is -0.271. The van der Waals surface area contributed by atoms with Crippen LogP contribution >= 0.6 is 15.9 Å². The molecule has 0 spiro atoms. The monoisotopic (exact) mass is 320 g/mol. The first-order chi connectivity index (χ1) is 9.20. The van der Waals surface area contributed by atoms with Crippen molar-refractivity contribution in [3.05, 3.63) is 52.9 Å². The Morgan fingerprint density at radius 3 is 2.63 bits per heavy atom. The molecule has 0 atom stereocenters. The van der Waals surface area contributed by atoms with Crippen molar-refractivity contribution in [3.63, 3.8) is 0 Å². The quantitative estimate of drug-likeness (QED) is 0.715. The first-order valence-corrected chi connectivity index (χ1v) is 6.46. The van der Waals surface area contributed by atoms with E-state index < -0.39 is 0 Å². The Kier molecular flexibility index (Phi) is 2.98. The predicted molar refractivity (Wildman–Crippen MR) is 74.8 cm³/mol. The summed E-state index contributed by atoms with van der Waals surface area (Å²) in [5.74, 6) is 0.357. The average Bonchev–Trinajstić information content (AvgIpc) is 2.79. The summed E-state index contributed by atoms with van der Waals surface area (Å²) in [6, 6.07) is 10.0. The largest absolute Gasteiger partial charge is 0.480 e. The van der Waals surface area contributed by atoms with Crippen LogP contribution in [0.4, 0.5) is 4.39 Å². The highest BCUT2D eigenvalue weighted by atomic mass is 79.9. The van der Waals surface area contributed by atoms with Crippen LogP contribution in [0.1, 0.15) is 0 Å². The number of halogens is 2. The molecule has 3 aromatic rings. The third kappa shape index (κ3) is 2.00. The van der Waals surface area contributed by atoms with Crippen molar-refractivity contribution < 1.29 is 9.13 Å². The average molecular weight is 321 g/mol. The SMILES string of the molecule is COc1c(-c2ccc(F)cc2)nc2c(Br)cccn12. The van der Waals surface area contributed by atoms with Crippen LogP contribution in [0.2, 0.25) is 0 Å². The molecular formula is C14H10BrFN2O. The van der Waals surface area contributed by atoms with E-state index in [1.165, 1.54) is 12.1 Å². The van der Waals surface area contributed by atoms with Gasteiger partial charge in [0.1, 0.15) is 11.5 Å². The number of methoxy groups -OCH3 is 1. The van der Waals surface area contributed by atoms with E-state index in [4.69, 9.17) is 4.74 Å². The molecule has 3 nitrogen and oxygen atoms in total. The summed E-state index contributed by atoms with van der Waals surface area (Å²) < 4.78 is 21.1. The molecule has 0 amide bonds. The molecule has 0 saturated carbocycles. The van der Waals surface area contributed by atoms with E-state index in [9.17, 15) is 4.39 Å². The lowest BCUT2D eigenvalue weighted by Crippen LogP contribution is -1.91. The van der Waals surface area contributed by atoms with Gasteiger partial charge in [-0.25, -0.2) is 9.37 Å². The van der Waals surface area contributed by atoms with Gasteiger partial charge in [0.05, 0.1) is 11.6 Å². The Bertz CT molecular complexity index is 737. The lowest BCUT2D eigenvalue weighted by Gasteiger charge is -2.03. The molecule has 0 aliphatic heterocycles. The van der Waals surface area contributed by atoms with Crippen LogP contribution in [-0.2, 0) is 0 Å². The molecule has 0 bridgehead atoms. The van der Waals surface area contributed by atoms with Crippen molar-refractivity contribution in [1.29, 1.82) is 0 Å². The number of pyridine rings is 1. The summed E-state index contributed by atoms with van der Waals surface area (Å²) in [6.07, 6.45) is 1.87. The number of nitrogens with zero attached hydrogens (tertiary/aromatic N) is 2. The maximum absolute atomic E-state index is 13.0. The Hall–Kier alpha value is -1.88. The van der Waals surface area contributed by atoms with Gasteiger partial charge in [-0.15, -0.1) is 0 Å². The number of aromatic nitrogens is 2. The van der Waals surface area contributed by atoms with E-state index in [1.54, 1.807) is 19.2 Å². The van der Waals surface area contributed by atoms with Crippen LogP contribution in [0.5, 0.6) is 5.88 Å². The van der Waals surface area contributed by atoms with Crippen LogP contribution in [-0.4, -0.2) is 16.5 Å². The number of ether oxygens (including phenoxy) is 1. The predicted octanol–water partition coefficient (Wildman–Crippen LogP) is 3.91. The third-order valence-electron chi connectivity index (χ3n) is 2.87. The molecule has 3 rings (SSSR count). The molecule has 5 heteroatoms. The molecule has 2 aromatic heterocycles. The van der Waals surface area contributed by atoms with Gasteiger partial charge >= 0.3 is 0 Å². The smallest absolute Gasteiger partial charge is 0.226 e. The zero-order valence-corrected chi connectivity index (χ0v) is 11.7. The topological polar surface area (TPSA) is 26.5 Å². The molecule has 2 heterocycles. The standard InChI is InChI=1S/C14H10BrFN2O/c1-19-14-12(9-4-6-10(16)7-5-9)17-13-11(15)3-2-8-18(13)14/h2-8H,1H3. The van der Waals surface area contributed by atoms with Crippen LogP contribution in [0.3, 0.4) is 0 Å². The van der Waals surface area contributed by atoms with Gasteiger partial charge in [0.2, 0.25) is 5.88 Å². The molecule has 0 N–H and O–H groups in total. The maximum atomic E-state index is 13.0. The molecule has 0 aliphatic rings. The first-order valence-electron chi connectivity index (χ1n) is 5.67. The second-order valence-corrected chi connectivity index (χ2v) is 4.88. The number of rotatable bonds is 2. The summed E-state index contributed by atoms with van der Waals surface area (Å²) in [5.41, 5.74) is 2.27. The number of imidazole rings is 1. The summed E-state index contributed by atoms with van der Waals surface area (Å²) in [4.78, 5) is 4.55. The van der Waals surface area contributed by atoms with E-state index in [2.05, 4.69) is 20.9 Å². The summed E-state index contributed by atoms with van der Waals surface area (Å²) in [7, 11) is 1.59. The van der Waals surface area contributed by atoms with Gasteiger partial charge in [0.15, 0.2) is 5.65 Å². The summed E-state index contributed by atoms with van der Waals surface area (Å²) in [6.45, 7) is 0. The van der Waals surface area contributed by atoms with Gasteiger partial charge in [-0.1, -0.05) is 0 Å².